The molecular weight excluding hydrogens is 236 g/mol. The number of pyridine rings is 1. The zero-order valence-electron chi connectivity index (χ0n) is 9.21. The van der Waals surface area contributed by atoms with Gasteiger partial charge in [0.2, 0.25) is 0 Å². The van der Waals surface area contributed by atoms with Gasteiger partial charge < -0.3 is 15.9 Å². The first kappa shape index (κ1) is 12.2. The Morgan fingerprint density at radius 2 is 2.18 bits per heavy atom. The number of aliphatic hydroxyl groups is 2. The number of nitrogens with zero attached hydrogens (tertiary/aromatic N) is 1. The van der Waals surface area contributed by atoms with Crippen molar-refractivity contribution in [1.82, 2.24) is 4.98 Å². The number of fused-ring (bicyclic) bond motifs is 1. The molecule has 4 N–H and O–H groups in total. The highest BCUT2D eigenvalue weighted by Crippen LogP contribution is 2.29. The van der Waals surface area contributed by atoms with Gasteiger partial charge in [-0.1, -0.05) is 12.1 Å². The Morgan fingerprint density at radius 3 is 2.94 bits per heavy atom. The smallest absolute Gasteiger partial charge is 0.0942 e. The topological polar surface area (TPSA) is 79.4 Å². The van der Waals surface area contributed by atoms with E-state index in [0.717, 1.165) is 15.8 Å². The Bertz CT molecular complexity index is 519. The fraction of sp³-hybridized carbons (Fsp3) is 0.250. The van der Waals surface area contributed by atoms with Crippen molar-refractivity contribution >= 4 is 28.4 Å². The van der Waals surface area contributed by atoms with E-state index in [2.05, 4.69) is 4.98 Å². The lowest BCUT2D eigenvalue weighted by molar-refractivity contribution is 0.113. The second-order valence-electron chi connectivity index (χ2n) is 3.70. The highest BCUT2D eigenvalue weighted by molar-refractivity contribution is 7.99. The van der Waals surface area contributed by atoms with Crippen LogP contribution in [0.15, 0.2) is 35.4 Å². The molecule has 0 amide bonds. The molecule has 90 valence electrons. The first-order chi connectivity index (χ1) is 8.22. The van der Waals surface area contributed by atoms with E-state index in [1.807, 2.05) is 24.3 Å². The average molecular weight is 250 g/mol. The molecule has 0 aliphatic carbocycles. The van der Waals surface area contributed by atoms with E-state index in [4.69, 9.17) is 10.8 Å². The SMILES string of the molecule is Nc1cccc2c(SCC(O)CO)ccnc12. The number of thioether (sulfide) groups is 1. The minimum Gasteiger partial charge on any atom is -0.397 e. The lowest BCUT2D eigenvalue weighted by Gasteiger charge is -2.09. The van der Waals surface area contributed by atoms with Crippen LogP contribution in [0.3, 0.4) is 0 Å². The summed E-state index contributed by atoms with van der Waals surface area (Å²) in [6.07, 6.45) is 0.996. The van der Waals surface area contributed by atoms with Crippen molar-refractivity contribution in [2.24, 2.45) is 0 Å². The Kier molecular flexibility index (Phi) is 3.83. The van der Waals surface area contributed by atoms with Gasteiger partial charge in [0, 0.05) is 22.2 Å². The molecule has 4 nitrogen and oxygen atoms in total. The highest BCUT2D eigenvalue weighted by atomic mass is 32.2. The maximum Gasteiger partial charge on any atom is 0.0942 e. The summed E-state index contributed by atoms with van der Waals surface area (Å²) in [5.41, 5.74) is 7.27. The third-order valence-corrected chi connectivity index (χ3v) is 3.62. The van der Waals surface area contributed by atoms with E-state index in [1.165, 1.54) is 11.8 Å². The lowest BCUT2D eigenvalue weighted by atomic mass is 10.2. The summed E-state index contributed by atoms with van der Waals surface area (Å²) in [5, 5.41) is 19.1. The van der Waals surface area contributed by atoms with Crippen LogP contribution in [0.4, 0.5) is 5.69 Å². The third-order valence-electron chi connectivity index (χ3n) is 2.40. The Labute approximate surface area is 103 Å². The van der Waals surface area contributed by atoms with Crippen LogP contribution < -0.4 is 5.73 Å². The normalized spacial score (nSPS) is 12.8. The van der Waals surface area contributed by atoms with E-state index in [1.54, 1.807) is 6.20 Å². The molecule has 2 aromatic rings. The summed E-state index contributed by atoms with van der Waals surface area (Å²) in [7, 11) is 0. The van der Waals surface area contributed by atoms with Crippen molar-refractivity contribution in [3.63, 3.8) is 0 Å². The van der Waals surface area contributed by atoms with Crippen molar-refractivity contribution < 1.29 is 10.2 Å². The largest absolute Gasteiger partial charge is 0.397 e. The molecule has 0 saturated heterocycles. The number of anilines is 1. The molecule has 5 heteroatoms. The Hall–Kier alpha value is -1.30. The van der Waals surface area contributed by atoms with Gasteiger partial charge in [-0.3, -0.25) is 4.98 Å². The van der Waals surface area contributed by atoms with E-state index in [0.29, 0.717) is 11.4 Å². The van der Waals surface area contributed by atoms with Crippen molar-refractivity contribution in [1.29, 1.82) is 0 Å². The van der Waals surface area contributed by atoms with E-state index >= 15 is 0 Å². The Morgan fingerprint density at radius 1 is 1.35 bits per heavy atom. The van der Waals surface area contributed by atoms with Gasteiger partial charge in [-0.25, -0.2) is 0 Å². The summed E-state index contributed by atoms with van der Waals surface area (Å²) in [5.74, 6) is 0.449. The van der Waals surface area contributed by atoms with Crippen LogP contribution in [0.2, 0.25) is 0 Å². The second kappa shape index (κ2) is 5.35. The van der Waals surface area contributed by atoms with Gasteiger partial charge in [0.05, 0.1) is 23.9 Å². The molecule has 0 aliphatic heterocycles. The van der Waals surface area contributed by atoms with E-state index < -0.39 is 6.10 Å². The number of hydrogen-bond acceptors (Lipinski definition) is 5. The molecular formula is C12H14N2O2S. The zero-order chi connectivity index (χ0) is 12.3. The van der Waals surface area contributed by atoms with E-state index in [9.17, 15) is 5.11 Å². The van der Waals surface area contributed by atoms with Crippen LogP contribution in [0.1, 0.15) is 0 Å². The molecule has 0 saturated carbocycles. The van der Waals surface area contributed by atoms with Crippen LogP contribution >= 0.6 is 11.8 Å². The van der Waals surface area contributed by atoms with Crippen molar-refractivity contribution in [3.8, 4) is 0 Å². The van der Waals surface area contributed by atoms with Gasteiger partial charge in [-0.2, -0.15) is 0 Å². The molecule has 0 radical (unpaired) electrons. The predicted molar refractivity (Wildman–Crippen MR) is 70.0 cm³/mol. The van der Waals surface area contributed by atoms with Crippen LogP contribution in [-0.4, -0.2) is 33.7 Å². The summed E-state index contributed by atoms with van der Waals surface area (Å²) >= 11 is 1.49. The van der Waals surface area contributed by atoms with Crippen LogP contribution in [-0.2, 0) is 0 Å². The number of hydrogen-bond donors (Lipinski definition) is 3. The minimum atomic E-state index is -0.704. The highest BCUT2D eigenvalue weighted by Gasteiger charge is 2.07. The van der Waals surface area contributed by atoms with Crippen LogP contribution in [0, 0.1) is 0 Å². The van der Waals surface area contributed by atoms with Crippen LogP contribution in [0.25, 0.3) is 10.9 Å². The predicted octanol–water partition coefficient (Wildman–Crippen LogP) is 1.26. The molecule has 1 atom stereocenters. The molecule has 1 heterocycles. The maximum absolute atomic E-state index is 9.33. The molecule has 17 heavy (non-hydrogen) atoms. The fourth-order valence-corrected chi connectivity index (χ4v) is 2.49. The minimum absolute atomic E-state index is 0.224. The quantitative estimate of drug-likeness (QED) is 0.562. The van der Waals surface area contributed by atoms with E-state index in [-0.39, 0.29) is 6.61 Å². The first-order valence-electron chi connectivity index (χ1n) is 5.27. The zero-order valence-corrected chi connectivity index (χ0v) is 10.0. The van der Waals surface area contributed by atoms with Gasteiger partial charge >= 0.3 is 0 Å². The summed E-state index contributed by atoms with van der Waals surface area (Å²) in [6, 6.07) is 7.53. The second-order valence-corrected chi connectivity index (χ2v) is 4.76. The first-order valence-corrected chi connectivity index (χ1v) is 6.26. The molecule has 1 unspecified atom stereocenters. The average Bonchev–Trinajstić information content (AvgIpc) is 2.36. The van der Waals surface area contributed by atoms with Crippen molar-refractivity contribution in [2.45, 2.75) is 11.0 Å². The molecule has 0 fully saturated rings. The van der Waals surface area contributed by atoms with Crippen molar-refractivity contribution in [3.05, 3.63) is 30.5 Å². The number of aliphatic hydroxyl groups excluding tert-OH is 2. The Balaban J connectivity index is 2.31. The number of para-hydroxylation sites is 1. The van der Waals surface area contributed by atoms with Gasteiger partial charge in [-0.15, -0.1) is 11.8 Å². The summed E-state index contributed by atoms with van der Waals surface area (Å²) in [4.78, 5) is 5.25. The maximum atomic E-state index is 9.33. The monoisotopic (exact) mass is 250 g/mol. The fourth-order valence-electron chi connectivity index (χ4n) is 1.54. The van der Waals surface area contributed by atoms with Gasteiger partial charge in [-0.05, 0) is 12.1 Å². The summed E-state index contributed by atoms with van der Waals surface area (Å²) in [6.45, 7) is -0.224. The molecule has 1 aromatic heterocycles. The molecule has 0 bridgehead atoms. The number of benzene rings is 1. The number of aromatic nitrogens is 1. The molecule has 0 spiro atoms. The van der Waals surface area contributed by atoms with Crippen LogP contribution in [0.5, 0.6) is 0 Å². The summed E-state index contributed by atoms with van der Waals surface area (Å²) < 4.78 is 0. The third kappa shape index (κ3) is 2.69. The number of rotatable bonds is 4. The van der Waals surface area contributed by atoms with Gasteiger partial charge in [0.1, 0.15) is 0 Å². The molecule has 1 aromatic carbocycles. The number of nitrogen functional groups attached to an aromatic ring is 1. The standard InChI is InChI=1S/C12H14N2O2S/c13-10-3-1-2-9-11(4-5-14-12(9)10)17-7-8(16)6-15/h1-5,8,15-16H,6-7,13H2. The van der Waals surface area contributed by atoms with Gasteiger partial charge in [0.25, 0.3) is 0 Å². The van der Waals surface area contributed by atoms with Gasteiger partial charge in [0.15, 0.2) is 0 Å². The molecule has 2 rings (SSSR count). The molecule has 0 aliphatic rings. The lowest BCUT2D eigenvalue weighted by Crippen LogP contribution is -2.14. The van der Waals surface area contributed by atoms with Crippen molar-refractivity contribution in [2.75, 3.05) is 18.1 Å². The number of nitrogens with two attached hydrogens (primary N) is 1.